The van der Waals surface area contributed by atoms with Crippen LogP contribution in [-0.4, -0.2) is 29.8 Å². The monoisotopic (exact) mass is 364 g/mol. The number of hydrogen-bond donors (Lipinski definition) is 0. The third-order valence-corrected chi connectivity index (χ3v) is 4.52. The number of halogens is 1. The maximum atomic E-state index is 5.72. The number of aromatic nitrogens is 6. The highest BCUT2D eigenvalue weighted by molar-refractivity contribution is 9.10. The Kier molecular flexibility index (Phi) is 3.86. The first-order chi connectivity index (χ1) is 10.5. The predicted octanol–water partition coefficient (Wildman–Crippen LogP) is 2.60. The molecule has 0 bridgehead atoms. The van der Waals surface area contributed by atoms with Crippen molar-refractivity contribution >= 4 is 15.9 Å². The summed E-state index contributed by atoms with van der Waals surface area (Å²) in [7, 11) is 1.88. The van der Waals surface area contributed by atoms with Gasteiger partial charge in [-0.2, -0.15) is 10.2 Å². The Morgan fingerprint density at radius 3 is 2.55 bits per heavy atom. The fourth-order valence-electron chi connectivity index (χ4n) is 2.27. The second-order valence-corrected chi connectivity index (χ2v) is 6.07. The van der Waals surface area contributed by atoms with Crippen LogP contribution >= 0.6 is 15.9 Å². The van der Waals surface area contributed by atoms with Crippen molar-refractivity contribution in [3.63, 3.8) is 0 Å². The van der Waals surface area contributed by atoms with Gasteiger partial charge in [-0.25, -0.2) is 0 Å². The van der Waals surface area contributed by atoms with Gasteiger partial charge in [-0.3, -0.25) is 9.36 Å². The lowest BCUT2D eigenvalue weighted by Gasteiger charge is -2.00. The molecule has 0 unspecified atom stereocenters. The summed E-state index contributed by atoms with van der Waals surface area (Å²) in [5, 5.41) is 17.0. The highest BCUT2D eigenvalue weighted by Crippen LogP contribution is 2.28. The van der Waals surface area contributed by atoms with E-state index in [0.29, 0.717) is 30.4 Å². The van der Waals surface area contributed by atoms with Crippen molar-refractivity contribution in [2.75, 3.05) is 0 Å². The summed E-state index contributed by atoms with van der Waals surface area (Å²) in [5.74, 6) is 1.01. The summed E-state index contributed by atoms with van der Waals surface area (Å²) in [6, 6.07) is 2.05. The Morgan fingerprint density at radius 1 is 1.18 bits per heavy atom. The van der Waals surface area contributed by atoms with Gasteiger partial charge in [-0.05, 0) is 42.8 Å². The average molecular weight is 365 g/mol. The molecule has 0 aliphatic carbocycles. The van der Waals surface area contributed by atoms with E-state index < -0.39 is 0 Å². The lowest BCUT2D eigenvalue weighted by atomic mass is 10.4. The first-order valence-electron chi connectivity index (χ1n) is 6.98. The second-order valence-electron chi connectivity index (χ2n) is 5.27. The van der Waals surface area contributed by atoms with Crippen molar-refractivity contribution in [3.05, 3.63) is 33.5 Å². The van der Waals surface area contributed by atoms with Crippen LogP contribution in [0.1, 0.15) is 23.0 Å². The molecule has 0 saturated carbocycles. The van der Waals surface area contributed by atoms with Gasteiger partial charge in [0.05, 0.1) is 15.9 Å². The van der Waals surface area contributed by atoms with Crippen LogP contribution in [0.4, 0.5) is 0 Å². The number of aryl methyl sites for hydroxylation is 5. The molecule has 3 rings (SSSR count). The average Bonchev–Trinajstić information content (AvgIpc) is 3.12. The molecule has 0 aliphatic heterocycles. The minimum Gasteiger partial charge on any atom is -0.419 e. The number of rotatable bonds is 4. The van der Waals surface area contributed by atoms with E-state index in [4.69, 9.17) is 4.42 Å². The maximum absolute atomic E-state index is 5.72. The van der Waals surface area contributed by atoms with E-state index in [1.54, 1.807) is 4.68 Å². The Morgan fingerprint density at radius 2 is 1.95 bits per heavy atom. The Bertz CT molecular complexity index is 816. The normalized spacial score (nSPS) is 11.3. The Labute approximate surface area is 136 Å². The van der Waals surface area contributed by atoms with Crippen LogP contribution in [-0.2, 0) is 20.0 Å². The molecule has 0 spiro atoms. The van der Waals surface area contributed by atoms with E-state index >= 15 is 0 Å². The van der Waals surface area contributed by atoms with Crippen LogP contribution in [0.3, 0.4) is 0 Å². The highest BCUT2D eigenvalue weighted by Gasteiger charge is 2.18. The summed E-state index contributed by atoms with van der Waals surface area (Å²) >= 11 is 3.51. The van der Waals surface area contributed by atoms with E-state index in [-0.39, 0.29) is 0 Å². The topological polar surface area (TPSA) is 74.6 Å². The molecule has 116 valence electrons. The van der Waals surface area contributed by atoms with E-state index in [1.165, 1.54) is 0 Å². The molecule has 0 atom stereocenters. The number of hydrogen-bond acceptors (Lipinski definition) is 5. The Hall–Kier alpha value is -1.96. The molecule has 3 aromatic rings. The summed E-state index contributed by atoms with van der Waals surface area (Å²) in [6.07, 6.45) is 0.637. The summed E-state index contributed by atoms with van der Waals surface area (Å²) in [4.78, 5) is 0. The zero-order chi connectivity index (χ0) is 15.9. The third-order valence-electron chi connectivity index (χ3n) is 3.57. The van der Waals surface area contributed by atoms with E-state index in [9.17, 15) is 0 Å². The van der Waals surface area contributed by atoms with Crippen molar-refractivity contribution in [2.24, 2.45) is 7.05 Å². The molecule has 3 aromatic heterocycles. The van der Waals surface area contributed by atoms with Gasteiger partial charge in [-0.1, -0.05) is 0 Å². The highest BCUT2D eigenvalue weighted by atomic mass is 79.9. The van der Waals surface area contributed by atoms with Gasteiger partial charge < -0.3 is 4.42 Å². The molecule has 8 heteroatoms. The molecule has 0 N–H and O–H groups in total. The summed E-state index contributed by atoms with van der Waals surface area (Å²) in [6.45, 7) is 6.70. The van der Waals surface area contributed by atoms with Crippen molar-refractivity contribution in [3.8, 4) is 11.6 Å². The maximum Gasteiger partial charge on any atom is 0.269 e. The van der Waals surface area contributed by atoms with E-state index in [1.807, 2.05) is 38.6 Å². The third kappa shape index (κ3) is 2.70. The lowest BCUT2D eigenvalue weighted by molar-refractivity contribution is 0.470. The van der Waals surface area contributed by atoms with Crippen molar-refractivity contribution in [2.45, 2.75) is 33.7 Å². The van der Waals surface area contributed by atoms with Gasteiger partial charge in [0.1, 0.15) is 0 Å². The molecule has 0 radical (unpaired) electrons. The van der Waals surface area contributed by atoms with Crippen molar-refractivity contribution in [1.29, 1.82) is 0 Å². The summed E-state index contributed by atoms with van der Waals surface area (Å²) in [5.41, 5.74) is 3.82. The van der Waals surface area contributed by atoms with Gasteiger partial charge >= 0.3 is 0 Å². The van der Waals surface area contributed by atoms with Crippen LogP contribution in [0, 0.1) is 20.8 Å². The molecular formula is C14H17BrN6O. The molecule has 7 nitrogen and oxygen atoms in total. The van der Waals surface area contributed by atoms with E-state index in [2.05, 4.69) is 36.3 Å². The zero-order valence-electron chi connectivity index (χ0n) is 13.0. The van der Waals surface area contributed by atoms with Gasteiger partial charge in [-0.15, -0.1) is 10.2 Å². The molecule has 0 aliphatic rings. The van der Waals surface area contributed by atoms with Crippen LogP contribution in [0.5, 0.6) is 0 Å². The molecule has 0 fully saturated rings. The number of nitrogens with zero attached hydrogens (tertiary/aromatic N) is 6. The van der Waals surface area contributed by atoms with Crippen LogP contribution in [0.15, 0.2) is 15.0 Å². The molecule has 3 heterocycles. The SMILES string of the molecule is Cc1cc(C)n(CCc2nnc(-c3nn(C)c(C)c3Br)o2)n1. The molecular weight excluding hydrogens is 348 g/mol. The fourth-order valence-corrected chi connectivity index (χ4v) is 2.78. The van der Waals surface area contributed by atoms with Crippen molar-refractivity contribution in [1.82, 2.24) is 29.8 Å². The van der Waals surface area contributed by atoms with E-state index in [0.717, 1.165) is 21.6 Å². The first-order valence-corrected chi connectivity index (χ1v) is 7.78. The quantitative estimate of drug-likeness (QED) is 0.711. The van der Waals surface area contributed by atoms with Crippen LogP contribution < -0.4 is 0 Å². The summed E-state index contributed by atoms with van der Waals surface area (Å²) < 4.78 is 10.3. The first kappa shape index (κ1) is 15.0. The molecule has 0 aromatic carbocycles. The van der Waals surface area contributed by atoms with Gasteiger partial charge in [0, 0.05) is 25.7 Å². The smallest absolute Gasteiger partial charge is 0.269 e. The Balaban J connectivity index is 1.76. The van der Waals surface area contributed by atoms with Crippen molar-refractivity contribution < 1.29 is 4.42 Å². The fraction of sp³-hybridized carbons (Fsp3) is 0.429. The molecule has 0 saturated heterocycles. The van der Waals surface area contributed by atoms with Gasteiger partial charge in [0.25, 0.3) is 5.89 Å². The lowest BCUT2D eigenvalue weighted by Crippen LogP contribution is -2.05. The van der Waals surface area contributed by atoms with Gasteiger partial charge in [0.15, 0.2) is 5.69 Å². The minimum atomic E-state index is 0.430. The minimum absolute atomic E-state index is 0.430. The largest absolute Gasteiger partial charge is 0.419 e. The van der Waals surface area contributed by atoms with Crippen LogP contribution in [0.2, 0.25) is 0 Å². The van der Waals surface area contributed by atoms with Crippen LogP contribution in [0.25, 0.3) is 11.6 Å². The predicted molar refractivity (Wildman–Crippen MR) is 84.3 cm³/mol. The standard InChI is InChI=1S/C14H17BrN6O/c1-8-7-9(2)21(18-8)6-5-11-16-17-14(22-11)13-12(15)10(3)20(4)19-13/h7H,5-6H2,1-4H3. The second kappa shape index (κ2) is 5.68. The molecule has 0 amide bonds. The zero-order valence-corrected chi connectivity index (χ0v) is 14.5. The molecule has 22 heavy (non-hydrogen) atoms. The van der Waals surface area contributed by atoms with Gasteiger partial charge in [0.2, 0.25) is 5.89 Å².